The Morgan fingerprint density at radius 2 is 1.93 bits per heavy atom. The van der Waals surface area contributed by atoms with Gasteiger partial charge in [0, 0.05) is 30.6 Å². The summed E-state index contributed by atoms with van der Waals surface area (Å²) in [7, 11) is 0. The molecule has 5 heteroatoms. The highest BCUT2D eigenvalue weighted by atomic mass is 16.5. The van der Waals surface area contributed by atoms with E-state index in [1.54, 1.807) is 12.2 Å². The molecule has 4 aliphatic rings. The van der Waals surface area contributed by atoms with Crippen molar-refractivity contribution in [3.8, 4) is 0 Å². The van der Waals surface area contributed by atoms with Gasteiger partial charge in [-0.2, -0.15) is 0 Å². The number of hydrogen-bond acceptors (Lipinski definition) is 5. The van der Waals surface area contributed by atoms with Gasteiger partial charge in [-0.15, -0.1) is 0 Å². The Hall–Kier alpha value is -2.04. The predicted octanol–water partition coefficient (Wildman–Crippen LogP) is 3.22. The highest BCUT2D eigenvalue weighted by Gasteiger charge is 2.62. The molecule has 6 atom stereocenters. The summed E-state index contributed by atoms with van der Waals surface area (Å²) in [6.45, 7) is 5.29. The lowest BCUT2D eigenvalue weighted by Crippen LogP contribution is -2.54. The van der Waals surface area contributed by atoms with E-state index in [2.05, 4.69) is 13.8 Å². The number of esters is 1. The number of ether oxygens (including phenoxy) is 1. The molecule has 5 nitrogen and oxygen atoms in total. The van der Waals surface area contributed by atoms with Crippen molar-refractivity contribution in [2.45, 2.75) is 52.9 Å². The lowest BCUT2D eigenvalue weighted by molar-refractivity contribution is -0.152. The van der Waals surface area contributed by atoms with E-state index in [1.807, 2.05) is 6.08 Å². The van der Waals surface area contributed by atoms with Gasteiger partial charge in [0.2, 0.25) is 0 Å². The summed E-state index contributed by atoms with van der Waals surface area (Å²) in [4.78, 5) is 49.1. The maximum atomic E-state index is 13.4. The molecule has 0 spiro atoms. The van der Waals surface area contributed by atoms with Crippen molar-refractivity contribution in [2.24, 2.45) is 34.5 Å². The highest BCUT2D eigenvalue weighted by molar-refractivity contribution is 6.02. The molecular weight excluding hydrogens is 356 g/mol. The molecule has 6 unspecified atom stereocenters. The van der Waals surface area contributed by atoms with Crippen LogP contribution in [-0.2, 0) is 23.9 Å². The first-order valence-corrected chi connectivity index (χ1v) is 10.3. The zero-order chi connectivity index (χ0) is 20.3. The second-order valence-electron chi connectivity index (χ2n) is 9.50. The Balaban J connectivity index is 1.63. The van der Waals surface area contributed by atoms with Crippen LogP contribution in [0.1, 0.15) is 52.9 Å². The zero-order valence-corrected chi connectivity index (χ0v) is 16.8. The maximum Gasteiger partial charge on any atom is 0.303 e. The Morgan fingerprint density at radius 3 is 2.64 bits per heavy atom. The smallest absolute Gasteiger partial charge is 0.303 e. The van der Waals surface area contributed by atoms with E-state index in [-0.39, 0.29) is 52.5 Å². The van der Waals surface area contributed by atoms with Gasteiger partial charge in [0.15, 0.2) is 11.6 Å². The average molecular weight is 384 g/mol. The number of allylic oxidation sites excluding steroid dienone is 4. The van der Waals surface area contributed by atoms with E-state index in [0.717, 1.165) is 31.3 Å². The van der Waals surface area contributed by atoms with Gasteiger partial charge in [-0.1, -0.05) is 25.5 Å². The van der Waals surface area contributed by atoms with Crippen LogP contribution >= 0.6 is 0 Å². The number of ketones is 3. The van der Waals surface area contributed by atoms with Gasteiger partial charge >= 0.3 is 5.97 Å². The van der Waals surface area contributed by atoms with Crippen molar-refractivity contribution >= 4 is 23.3 Å². The molecular formula is C23H28O5. The minimum atomic E-state index is -0.453. The standard InChI is InChI=1S/C23H28O5/c1-13(24)28-12-20(27)18-7-6-17-16-5-4-14-10-15(25)8-9-22(14,2)21(16)19(26)11-23(17,18)3/h8-10,16-18,21H,4-7,11-12H2,1-3H3. The topological polar surface area (TPSA) is 77.5 Å². The molecule has 4 rings (SSSR count). The molecule has 0 N–H and O–H groups in total. The third-order valence-electron chi connectivity index (χ3n) is 8.06. The second kappa shape index (κ2) is 6.50. The average Bonchev–Trinajstić information content (AvgIpc) is 2.96. The molecule has 4 aliphatic carbocycles. The van der Waals surface area contributed by atoms with Crippen LogP contribution < -0.4 is 0 Å². The number of Topliss-reactive ketones (excluding diaryl/α,β-unsaturated/α-hetero) is 2. The molecule has 0 heterocycles. The summed E-state index contributed by atoms with van der Waals surface area (Å²) in [6.07, 6.45) is 9.07. The Kier molecular flexibility index (Phi) is 4.48. The normalized spacial score (nSPS) is 41.6. The summed E-state index contributed by atoms with van der Waals surface area (Å²) in [5.41, 5.74) is 0.342. The summed E-state index contributed by atoms with van der Waals surface area (Å²) in [5, 5.41) is 0. The zero-order valence-electron chi connectivity index (χ0n) is 16.8. The van der Waals surface area contributed by atoms with Crippen LogP contribution in [0.4, 0.5) is 0 Å². The van der Waals surface area contributed by atoms with Crippen molar-refractivity contribution in [2.75, 3.05) is 6.61 Å². The Labute approximate surface area is 165 Å². The minimum Gasteiger partial charge on any atom is -0.458 e. The molecule has 0 aromatic heterocycles. The molecule has 150 valence electrons. The van der Waals surface area contributed by atoms with Crippen molar-refractivity contribution < 1.29 is 23.9 Å². The third kappa shape index (κ3) is 2.73. The molecule has 28 heavy (non-hydrogen) atoms. The summed E-state index contributed by atoms with van der Waals surface area (Å²) in [6, 6.07) is 0. The quantitative estimate of drug-likeness (QED) is 0.698. The third-order valence-corrected chi connectivity index (χ3v) is 8.06. The highest BCUT2D eigenvalue weighted by Crippen LogP contribution is 2.64. The first-order valence-electron chi connectivity index (χ1n) is 10.3. The molecule has 0 aromatic carbocycles. The van der Waals surface area contributed by atoms with Crippen LogP contribution in [0.3, 0.4) is 0 Å². The lowest BCUT2D eigenvalue weighted by atomic mass is 9.47. The molecule has 0 aliphatic heterocycles. The molecule has 3 fully saturated rings. The van der Waals surface area contributed by atoms with Crippen molar-refractivity contribution in [3.05, 3.63) is 23.8 Å². The largest absolute Gasteiger partial charge is 0.458 e. The predicted molar refractivity (Wildman–Crippen MR) is 102 cm³/mol. The fraction of sp³-hybridized carbons (Fsp3) is 0.652. The lowest BCUT2D eigenvalue weighted by Gasteiger charge is -2.55. The summed E-state index contributed by atoms with van der Waals surface area (Å²) in [5.74, 6) is -0.0851. The Bertz CT molecular complexity index is 821. The van der Waals surface area contributed by atoms with Crippen molar-refractivity contribution in [1.29, 1.82) is 0 Å². The van der Waals surface area contributed by atoms with Crippen LogP contribution in [0.5, 0.6) is 0 Å². The summed E-state index contributed by atoms with van der Waals surface area (Å²) < 4.78 is 4.95. The van der Waals surface area contributed by atoms with Gasteiger partial charge in [0.1, 0.15) is 12.4 Å². The number of hydrogen-bond donors (Lipinski definition) is 0. The first-order chi connectivity index (χ1) is 13.2. The van der Waals surface area contributed by atoms with Crippen LogP contribution in [0.2, 0.25) is 0 Å². The van der Waals surface area contributed by atoms with Crippen LogP contribution in [-0.4, -0.2) is 29.9 Å². The van der Waals surface area contributed by atoms with E-state index in [1.165, 1.54) is 6.92 Å². The molecule has 0 aromatic rings. The molecule has 0 saturated heterocycles. The molecule has 3 saturated carbocycles. The van der Waals surface area contributed by atoms with Crippen LogP contribution in [0, 0.1) is 34.5 Å². The number of rotatable bonds is 3. The fourth-order valence-electron chi connectivity index (χ4n) is 6.83. The molecule has 0 amide bonds. The molecule has 0 radical (unpaired) electrons. The number of carbonyl (C=O) groups excluding carboxylic acids is 4. The Morgan fingerprint density at radius 1 is 1.18 bits per heavy atom. The van der Waals surface area contributed by atoms with E-state index < -0.39 is 5.97 Å². The van der Waals surface area contributed by atoms with E-state index in [0.29, 0.717) is 12.3 Å². The van der Waals surface area contributed by atoms with Gasteiger partial charge in [-0.25, -0.2) is 0 Å². The van der Waals surface area contributed by atoms with E-state index >= 15 is 0 Å². The number of carbonyl (C=O) groups is 4. The van der Waals surface area contributed by atoms with Crippen molar-refractivity contribution in [1.82, 2.24) is 0 Å². The van der Waals surface area contributed by atoms with E-state index in [9.17, 15) is 19.2 Å². The minimum absolute atomic E-state index is 0.0102. The van der Waals surface area contributed by atoms with Gasteiger partial charge < -0.3 is 4.74 Å². The number of fused-ring (bicyclic) bond motifs is 5. The van der Waals surface area contributed by atoms with Gasteiger partial charge in [0.25, 0.3) is 0 Å². The maximum absolute atomic E-state index is 13.4. The second-order valence-corrected chi connectivity index (χ2v) is 9.50. The monoisotopic (exact) mass is 384 g/mol. The van der Waals surface area contributed by atoms with Gasteiger partial charge in [-0.3, -0.25) is 19.2 Å². The molecule has 0 bridgehead atoms. The fourth-order valence-corrected chi connectivity index (χ4v) is 6.83. The van der Waals surface area contributed by atoms with E-state index in [4.69, 9.17) is 4.74 Å². The van der Waals surface area contributed by atoms with Crippen molar-refractivity contribution in [3.63, 3.8) is 0 Å². The van der Waals surface area contributed by atoms with Gasteiger partial charge in [-0.05, 0) is 55.1 Å². The summed E-state index contributed by atoms with van der Waals surface area (Å²) >= 11 is 0. The van der Waals surface area contributed by atoms with Crippen LogP contribution in [0.25, 0.3) is 0 Å². The van der Waals surface area contributed by atoms with Crippen LogP contribution in [0.15, 0.2) is 23.8 Å². The van der Waals surface area contributed by atoms with Gasteiger partial charge in [0.05, 0.1) is 0 Å². The SMILES string of the molecule is CC(=O)OCC(=O)C1CCC2C3CCC4=CC(=O)C=CC4(C)C3C(=O)CC12C. The first kappa shape index (κ1) is 19.3.